The summed E-state index contributed by atoms with van der Waals surface area (Å²) in [5.41, 5.74) is 6.80. The monoisotopic (exact) mass is 292 g/mol. The number of carbonyl (C=O) groups excluding carboxylic acids is 1. The maximum atomic E-state index is 12.1. The number of nitrogens with one attached hydrogen (secondary N) is 1. The number of para-hydroxylation sites is 1. The fourth-order valence-electron chi connectivity index (χ4n) is 2.38. The first-order valence-electron chi connectivity index (χ1n) is 7.40. The van der Waals surface area contributed by atoms with E-state index in [1.54, 1.807) is 0 Å². The van der Waals surface area contributed by atoms with E-state index >= 15 is 0 Å². The molecule has 0 aromatic heterocycles. The molecule has 0 unspecified atom stereocenters. The van der Waals surface area contributed by atoms with Crippen molar-refractivity contribution >= 4 is 23.4 Å². The van der Waals surface area contributed by atoms with Gasteiger partial charge >= 0.3 is 0 Å². The molecule has 1 atom stereocenters. The Morgan fingerprint density at radius 1 is 1.30 bits per heavy atom. The van der Waals surface area contributed by atoms with Crippen LogP contribution in [0.1, 0.15) is 39.5 Å². The lowest BCUT2D eigenvalue weighted by molar-refractivity contribution is -0.118. The van der Waals surface area contributed by atoms with Crippen molar-refractivity contribution in [1.29, 1.82) is 0 Å². The molecule has 1 aliphatic carbocycles. The lowest BCUT2D eigenvalue weighted by atomic mass is 10.1. The Bertz CT molecular complexity index is 456. The van der Waals surface area contributed by atoms with Gasteiger partial charge in [0.05, 0.1) is 11.7 Å². The van der Waals surface area contributed by atoms with E-state index in [4.69, 9.17) is 5.73 Å². The lowest BCUT2D eigenvalue weighted by Crippen LogP contribution is -2.39. The Labute approximate surface area is 125 Å². The standard InChI is InChI=1S/C16H24N2OS/c1-11(2)15(17)16(19)18-13-9-5-6-10-14(13)20-12-7-3-4-8-12/h5-6,9-12,15H,3-4,7-8,17H2,1-2H3,(H,18,19)/t15-/m0/s1. The lowest BCUT2D eigenvalue weighted by Gasteiger charge is -2.18. The van der Waals surface area contributed by atoms with Gasteiger partial charge in [-0.3, -0.25) is 4.79 Å². The summed E-state index contributed by atoms with van der Waals surface area (Å²) < 4.78 is 0. The number of rotatable bonds is 5. The summed E-state index contributed by atoms with van der Waals surface area (Å²) in [6, 6.07) is 7.56. The van der Waals surface area contributed by atoms with Gasteiger partial charge in [0.25, 0.3) is 0 Å². The minimum atomic E-state index is -0.459. The molecule has 1 saturated carbocycles. The minimum absolute atomic E-state index is 0.0977. The average molecular weight is 292 g/mol. The van der Waals surface area contributed by atoms with Gasteiger partial charge in [-0.1, -0.05) is 38.8 Å². The van der Waals surface area contributed by atoms with Gasteiger partial charge in [0, 0.05) is 10.1 Å². The molecule has 1 fully saturated rings. The number of carbonyl (C=O) groups is 1. The van der Waals surface area contributed by atoms with Crippen molar-refractivity contribution < 1.29 is 4.79 Å². The maximum Gasteiger partial charge on any atom is 0.241 e. The molecule has 0 saturated heterocycles. The molecule has 110 valence electrons. The van der Waals surface area contributed by atoms with Gasteiger partial charge in [0.15, 0.2) is 0 Å². The zero-order valence-electron chi connectivity index (χ0n) is 12.3. The highest BCUT2D eigenvalue weighted by atomic mass is 32.2. The average Bonchev–Trinajstić information content (AvgIpc) is 2.92. The molecule has 3 N–H and O–H groups in total. The smallest absolute Gasteiger partial charge is 0.241 e. The van der Waals surface area contributed by atoms with Crippen molar-refractivity contribution in [2.75, 3.05) is 5.32 Å². The van der Waals surface area contributed by atoms with Crippen LogP contribution in [0.5, 0.6) is 0 Å². The van der Waals surface area contributed by atoms with Crippen LogP contribution in [0.2, 0.25) is 0 Å². The van der Waals surface area contributed by atoms with Gasteiger partial charge in [-0.25, -0.2) is 0 Å². The van der Waals surface area contributed by atoms with Crippen LogP contribution in [0.4, 0.5) is 5.69 Å². The van der Waals surface area contributed by atoms with Crippen LogP contribution in [-0.4, -0.2) is 17.2 Å². The summed E-state index contributed by atoms with van der Waals surface area (Å²) in [7, 11) is 0. The molecule has 4 heteroatoms. The fraction of sp³-hybridized carbons (Fsp3) is 0.562. The Balaban J connectivity index is 2.05. The van der Waals surface area contributed by atoms with E-state index in [-0.39, 0.29) is 11.8 Å². The summed E-state index contributed by atoms with van der Waals surface area (Å²) in [6.45, 7) is 3.92. The molecule has 1 aromatic rings. The Morgan fingerprint density at radius 3 is 2.60 bits per heavy atom. The SMILES string of the molecule is CC(C)[C@H](N)C(=O)Nc1ccccc1SC1CCCC1. The van der Waals surface area contributed by atoms with E-state index in [0.29, 0.717) is 5.25 Å². The molecule has 0 aliphatic heterocycles. The quantitative estimate of drug-likeness (QED) is 0.871. The van der Waals surface area contributed by atoms with Crippen LogP contribution in [0.15, 0.2) is 29.2 Å². The first-order valence-corrected chi connectivity index (χ1v) is 8.28. The highest BCUT2D eigenvalue weighted by molar-refractivity contribution is 8.00. The van der Waals surface area contributed by atoms with E-state index < -0.39 is 6.04 Å². The topological polar surface area (TPSA) is 55.1 Å². The third kappa shape index (κ3) is 4.00. The number of amides is 1. The van der Waals surface area contributed by atoms with Crippen LogP contribution in [0, 0.1) is 5.92 Å². The van der Waals surface area contributed by atoms with Crippen molar-refractivity contribution in [3.05, 3.63) is 24.3 Å². The van der Waals surface area contributed by atoms with E-state index in [1.165, 1.54) is 25.7 Å². The summed E-state index contributed by atoms with van der Waals surface area (Å²) in [5, 5.41) is 3.67. The molecule has 3 nitrogen and oxygen atoms in total. The summed E-state index contributed by atoms with van der Waals surface area (Å²) in [5.74, 6) is 0.0455. The Kier molecular flexibility index (Phi) is 5.49. The third-order valence-electron chi connectivity index (χ3n) is 3.76. The zero-order chi connectivity index (χ0) is 14.5. The highest BCUT2D eigenvalue weighted by Crippen LogP contribution is 2.38. The molecule has 20 heavy (non-hydrogen) atoms. The van der Waals surface area contributed by atoms with Crippen LogP contribution < -0.4 is 11.1 Å². The second kappa shape index (κ2) is 7.14. The van der Waals surface area contributed by atoms with Gasteiger partial charge < -0.3 is 11.1 Å². The predicted octanol–water partition coefficient (Wildman–Crippen LogP) is 3.64. The van der Waals surface area contributed by atoms with Crippen LogP contribution in [0.3, 0.4) is 0 Å². The molecule has 0 spiro atoms. The molecule has 1 amide bonds. The van der Waals surface area contributed by atoms with Crippen molar-refractivity contribution in [2.45, 2.75) is 55.7 Å². The van der Waals surface area contributed by atoms with Gasteiger partial charge in [-0.05, 0) is 30.9 Å². The van der Waals surface area contributed by atoms with Gasteiger partial charge in [-0.2, -0.15) is 0 Å². The Hall–Kier alpha value is -1.00. The first kappa shape index (κ1) is 15.4. The van der Waals surface area contributed by atoms with Crippen LogP contribution in [-0.2, 0) is 4.79 Å². The van der Waals surface area contributed by atoms with Gasteiger partial charge in [-0.15, -0.1) is 11.8 Å². The molecule has 1 aliphatic rings. The molecule has 0 radical (unpaired) electrons. The molecule has 0 heterocycles. The summed E-state index contributed by atoms with van der Waals surface area (Å²) >= 11 is 1.88. The van der Waals surface area contributed by atoms with Crippen molar-refractivity contribution in [3.63, 3.8) is 0 Å². The van der Waals surface area contributed by atoms with Crippen LogP contribution >= 0.6 is 11.8 Å². The normalized spacial score (nSPS) is 17.4. The van der Waals surface area contributed by atoms with E-state index in [0.717, 1.165) is 10.6 Å². The zero-order valence-corrected chi connectivity index (χ0v) is 13.1. The van der Waals surface area contributed by atoms with E-state index in [9.17, 15) is 4.79 Å². The highest BCUT2D eigenvalue weighted by Gasteiger charge is 2.20. The second-order valence-electron chi connectivity index (χ2n) is 5.78. The maximum absolute atomic E-state index is 12.1. The summed E-state index contributed by atoms with van der Waals surface area (Å²) in [4.78, 5) is 13.3. The first-order chi connectivity index (χ1) is 9.58. The third-order valence-corrected chi connectivity index (χ3v) is 5.18. The molecule has 2 rings (SSSR count). The predicted molar refractivity (Wildman–Crippen MR) is 86.0 cm³/mol. The largest absolute Gasteiger partial charge is 0.324 e. The van der Waals surface area contributed by atoms with Gasteiger partial charge in [0.1, 0.15) is 0 Å². The van der Waals surface area contributed by atoms with Crippen LogP contribution in [0.25, 0.3) is 0 Å². The number of hydrogen-bond acceptors (Lipinski definition) is 3. The van der Waals surface area contributed by atoms with Gasteiger partial charge in [0.2, 0.25) is 5.91 Å². The molecular weight excluding hydrogens is 268 g/mol. The van der Waals surface area contributed by atoms with Crippen molar-refractivity contribution in [3.8, 4) is 0 Å². The van der Waals surface area contributed by atoms with Crippen molar-refractivity contribution in [2.24, 2.45) is 11.7 Å². The minimum Gasteiger partial charge on any atom is -0.324 e. The fourth-order valence-corrected chi connectivity index (χ4v) is 3.71. The Morgan fingerprint density at radius 2 is 1.95 bits per heavy atom. The molecular formula is C16H24N2OS. The number of hydrogen-bond donors (Lipinski definition) is 2. The summed E-state index contributed by atoms with van der Waals surface area (Å²) in [6.07, 6.45) is 5.20. The number of benzene rings is 1. The number of thioether (sulfide) groups is 1. The van der Waals surface area contributed by atoms with E-state index in [2.05, 4.69) is 11.4 Å². The molecule has 1 aromatic carbocycles. The van der Waals surface area contributed by atoms with Crippen molar-refractivity contribution in [1.82, 2.24) is 0 Å². The second-order valence-corrected chi connectivity index (χ2v) is 7.12. The van der Waals surface area contributed by atoms with E-state index in [1.807, 2.05) is 43.8 Å². The number of anilines is 1. The number of nitrogens with two attached hydrogens (primary N) is 1. The molecule has 0 bridgehead atoms.